The number of hydrogen-bond donors (Lipinski definition) is 1. The van der Waals surface area contributed by atoms with Crippen LogP contribution in [-0.2, 0) is 0 Å². The molecule has 0 saturated carbocycles. The lowest BCUT2D eigenvalue weighted by atomic mass is 10.1. The molecule has 0 radical (unpaired) electrons. The van der Waals surface area contributed by atoms with E-state index in [2.05, 4.69) is 27.2 Å². The Labute approximate surface area is 180 Å². The van der Waals surface area contributed by atoms with Crippen LogP contribution >= 0.6 is 0 Å². The second-order valence-electron chi connectivity index (χ2n) is 7.41. The Kier molecular flexibility index (Phi) is 6.28. The summed E-state index contributed by atoms with van der Waals surface area (Å²) < 4.78 is 5.65. The number of nitrogens with one attached hydrogen (secondary N) is 1. The van der Waals surface area contributed by atoms with Gasteiger partial charge in [-0.1, -0.05) is 24.3 Å². The minimum atomic E-state index is -0.505. The van der Waals surface area contributed by atoms with Crippen LogP contribution in [0.25, 0.3) is 0 Å². The van der Waals surface area contributed by atoms with Crippen molar-refractivity contribution in [3.8, 4) is 0 Å². The minimum Gasteiger partial charge on any atom is -0.468 e. The molecule has 0 aliphatic carbocycles. The van der Waals surface area contributed by atoms with E-state index < -0.39 is 4.92 Å². The Hall–Kier alpha value is -3.65. The number of carbonyl (C=O) groups excluding carboxylic acids is 1. The fraction of sp³-hybridized carbons (Fsp3) is 0.261. The van der Waals surface area contributed by atoms with Crippen LogP contribution in [0.15, 0.2) is 77.4 Å². The highest BCUT2D eigenvalue weighted by Crippen LogP contribution is 2.24. The van der Waals surface area contributed by atoms with E-state index in [9.17, 15) is 14.9 Å². The third-order valence-corrected chi connectivity index (χ3v) is 5.52. The summed E-state index contributed by atoms with van der Waals surface area (Å²) >= 11 is 0. The van der Waals surface area contributed by atoms with Crippen LogP contribution in [0, 0.1) is 10.1 Å². The maximum Gasteiger partial charge on any atom is 0.270 e. The number of hydrogen-bond acceptors (Lipinski definition) is 6. The molecule has 1 aliphatic rings. The molecule has 1 N–H and O–H groups in total. The van der Waals surface area contributed by atoms with Crippen molar-refractivity contribution in [3.05, 3.63) is 94.4 Å². The topological polar surface area (TPSA) is 91.9 Å². The third kappa shape index (κ3) is 4.92. The van der Waals surface area contributed by atoms with E-state index in [1.807, 2.05) is 30.3 Å². The molecule has 2 heterocycles. The van der Waals surface area contributed by atoms with E-state index in [-0.39, 0.29) is 23.2 Å². The van der Waals surface area contributed by atoms with Gasteiger partial charge in [-0.05, 0) is 30.3 Å². The first-order valence-corrected chi connectivity index (χ1v) is 10.2. The van der Waals surface area contributed by atoms with E-state index in [1.54, 1.807) is 12.3 Å². The van der Waals surface area contributed by atoms with Crippen molar-refractivity contribution >= 4 is 17.3 Å². The number of rotatable bonds is 7. The zero-order valence-electron chi connectivity index (χ0n) is 17.0. The third-order valence-electron chi connectivity index (χ3n) is 5.52. The largest absolute Gasteiger partial charge is 0.468 e. The fourth-order valence-corrected chi connectivity index (χ4v) is 3.87. The van der Waals surface area contributed by atoms with E-state index in [4.69, 9.17) is 4.42 Å². The summed E-state index contributed by atoms with van der Waals surface area (Å²) in [6.45, 7) is 3.75. The van der Waals surface area contributed by atoms with Crippen molar-refractivity contribution in [2.45, 2.75) is 6.04 Å². The van der Waals surface area contributed by atoms with Gasteiger partial charge in [0.1, 0.15) is 5.76 Å². The zero-order chi connectivity index (χ0) is 21.6. The molecule has 8 nitrogen and oxygen atoms in total. The molecule has 2 aromatic carbocycles. The summed E-state index contributed by atoms with van der Waals surface area (Å²) in [5, 5.41) is 13.9. The summed E-state index contributed by atoms with van der Waals surface area (Å²) in [6, 6.07) is 19.7. The number of amides is 1. The number of non-ortho nitro benzene ring substituents is 1. The summed E-state index contributed by atoms with van der Waals surface area (Å²) in [6.07, 6.45) is 1.63. The van der Waals surface area contributed by atoms with Crippen molar-refractivity contribution in [1.82, 2.24) is 10.2 Å². The quantitative estimate of drug-likeness (QED) is 0.465. The number of furan rings is 1. The molecule has 1 atom stereocenters. The first-order chi connectivity index (χ1) is 15.1. The maximum absolute atomic E-state index is 12.6. The predicted octanol–water partition coefficient (Wildman–Crippen LogP) is 3.48. The van der Waals surface area contributed by atoms with Crippen LogP contribution in [0.4, 0.5) is 11.4 Å². The minimum absolute atomic E-state index is 0.104. The molecular weight excluding hydrogens is 396 g/mol. The van der Waals surface area contributed by atoms with Gasteiger partial charge in [0.2, 0.25) is 0 Å². The Morgan fingerprint density at radius 1 is 1.03 bits per heavy atom. The van der Waals surface area contributed by atoms with Crippen LogP contribution in [0.3, 0.4) is 0 Å². The van der Waals surface area contributed by atoms with Crippen LogP contribution in [0.5, 0.6) is 0 Å². The molecule has 8 heteroatoms. The zero-order valence-corrected chi connectivity index (χ0v) is 17.0. The molecule has 1 aliphatic heterocycles. The molecule has 160 valence electrons. The van der Waals surface area contributed by atoms with Gasteiger partial charge in [-0.25, -0.2) is 0 Å². The van der Waals surface area contributed by atoms with Crippen molar-refractivity contribution in [3.63, 3.8) is 0 Å². The van der Waals surface area contributed by atoms with E-state index in [0.717, 1.165) is 31.9 Å². The molecule has 1 unspecified atom stereocenters. The summed E-state index contributed by atoms with van der Waals surface area (Å²) in [5.41, 5.74) is 1.37. The fourth-order valence-electron chi connectivity index (χ4n) is 3.87. The Bertz CT molecular complexity index is 1020. The van der Waals surface area contributed by atoms with Gasteiger partial charge in [0.15, 0.2) is 0 Å². The number of carbonyl (C=O) groups is 1. The molecule has 1 saturated heterocycles. The van der Waals surface area contributed by atoms with Gasteiger partial charge in [-0.15, -0.1) is 0 Å². The van der Waals surface area contributed by atoms with Crippen molar-refractivity contribution in [2.24, 2.45) is 0 Å². The average molecular weight is 420 g/mol. The van der Waals surface area contributed by atoms with Crippen LogP contribution in [-0.4, -0.2) is 48.5 Å². The highest BCUT2D eigenvalue weighted by molar-refractivity contribution is 5.94. The molecule has 0 spiro atoms. The lowest BCUT2D eigenvalue weighted by molar-refractivity contribution is -0.384. The highest BCUT2D eigenvalue weighted by Gasteiger charge is 2.27. The standard InChI is InChI=1S/C23H24N4O4/c28-23(18-6-4-9-20(16-18)27(29)30)24-17-21(22-10-5-15-31-22)26-13-11-25(12-14-26)19-7-2-1-3-8-19/h1-10,15-16,21H,11-14,17H2,(H,24,28). The van der Waals surface area contributed by atoms with E-state index in [0.29, 0.717) is 6.54 Å². The number of anilines is 1. The molecule has 1 fully saturated rings. The van der Waals surface area contributed by atoms with Gasteiger partial charge >= 0.3 is 0 Å². The van der Waals surface area contributed by atoms with Gasteiger partial charge in [0.05, 0.1) is 17.2 Å². The summed E-state index contributed by atoms with van der Waals surface area (Å²) in [4.78, 5) is 27.7. The average Bonchev–Trinajstić information content (AvgIpc) is 3.35. The number of nitro benzene ring substituents is 1. The smallest absolute Gasteiger partial charge is 0.270 e. The predicted molar refractivity (Wildman–Crippen MR) is 117 cm³/mol. The second kappa shape index (κ2) is 9.44. The Morgan fingerprint density at radius 3 is 2.48 bits per heavy atom. The summed E-state index contributed by atoms with van der Waals surface area (Å²) in [7, 11) is 0. The van der Waals surface area contributed by atoms with Gasteiger partial charge in [-0.2, -0.15) is 0 Å². The number of piperazine rings is 1. The van der Waals surface area contributed by atoms with E-state index in [1.165, 1.54) is 23.9 Å². The molecule has 1 aromatic heterocycles. The Balaban J connectivity index is 1.42. The van der Waals surface area contributed by atoms with E-state index >= 15 is 0 Å². The number of nitro groups is 1. The first kappa shape index (κ1) is 20.6. The lowest BCUT2D eigenvalue weighted by Crippen LogP contribution is -2.49. The maximum atomic E-state index is 12.6. The highest BCUT2D eigenvalue weighted by atomic mass is 16.6. The van der Waals surface area contributed by atoms with Crippen molar-refractivity contribution in [2.75, 3.05) is 37.6 Å². The number of benzene rings is 2. The van der Waals surface area contributed by atoms with Crippen LogP contribution < -0.4 is 10.2 Å². The molecule has 1 amide bonds. The first-order valence-electron chi connectivity index (χ1n) is 10.2. The summed E-state index contributed by atoms with van der Waals surface area (Å²) in [5.74, 6) is 0.440. The van der Waals surface area contributed by atoms with Crippen LogP contribution in [0.2, 0.25) is 0 Å². The molecular formula is C23H24N4O4. The van der Waals surface area contributed by atoms with Gasteiger partial charge < -0.3 is 14.6 Å². The lowest BCUT2D eigenvalue weighted by Gasteiger charge is -2.39. The monoisotopic (exact) mass is 420 g/mol. The molecule has 31 heavy (non-hydrogen) atoms. The van der Waals surface area contributed by atoms with Gasteiger partial charge in [0, 0.05) is 56.1 Å². The number of para-hydroxylation sites is 1. The normalized spacial score (nSPS) is 15.4. The van der Waals surface area contributed by atoms with Gasteiger partial charge in [-0.3, -0.25) is 19.8 Å². The SMILES string of the molecule is O=C(NCC(c1ccco1)N1CCN(c2ccccc2)CC1)c1cccc([N+](=O)[O-])c1. The molecule has 3 aromatic rings. The molecule has 4 rings (SSSR count). The van der Waals surface area contributed by atoms with Gasteiger partial charge in [0.25, 0.3) is 11.6 Å². The van der Waals surface area contributed by atoms with Crippen molar-refractivity contribution in [1.29, 1.82) is 0 Å². The van der Waals surface area contributed by atoms with Crippen molar-refractivity contribution < 1.29 is 14.1 Å². The Morgan fingerprint density at radius 2 is 1.81 bits per heavy atom. The van der Waals surface area contributed by atoms with Crippen LogP contribution in [0.1, 0.15) is 22.2 Å². The second-order valence-corrected chi connectivity index (χ2v) is 7.41. The molecule has 0 bridgehead atoms. The number of nitrogens with zero attached hydrogens (tertiary/aromatic N) is 3.